The molecule has 1 aromatic heterocycles. The van der Waals surface area contributed by atoms with Gasteiger partial charge >= 0.3 is 5.97 Å². The van der Waals surface area contributed by atoms with E-state index in [2.05, 4.69) is 0 Å². The number of ether oxygens (including phenoxy) is 1. The lowest BCUT2D eigenvalue weighted by Crippen LogP contribution is -2.37. The quantitative estimate of drug-likeness (QED) is 0.379. The number of carbonyl (C=O) groups excluding carboxylic acids is 3. The number of benzene rings is 2. The molecule has 5 rings (SSSR count). The van der Waals surface area contributed by atoms with E-state index in [0.29, 0.717) is 16.3 Å². The van der Waals surface area contributed by atoms with Gasteiger partial charge in [-0.25, -0.2) is 14.8 Å². The lowest BCUT2D eigenvalue weighted by Gasteiger charge is -2.28. The lowest BCUT2D eigenvalue weighted by atomic mass is 9.90. The number of hydrogen-bond acceptors (Lipinski definition) is 7. The Labute approximate surface area is 205 Å². The molecule has 174 valence electrons. The summed E-state index contributed by atoms with van der Waals surface area (Å²) in [6.07, 6.45) is -1.03. The Kier molecular flexibility index (Phi) is 5.67. The molecule has 34 heavy (non-hydrogen) atoms. The summed E-state index contributed by atoms with van der Waals surface area (Å²) in [6.45, 7) is 3.62. The van der Waals surface area contributed by atoms with Gasteiger partial charge in [-0.3, -0.25) is 14.4 Å². The molecule has 0 saturated carbocycles. The number of aryl methyl sites for hydroxylation is 1. The van der Waals surface area contributed by atoms with Gasteiger partial charge in [0, 0.05) is 9.90 Å². The zero-order chi connectivity index (χ0) is 24.1. The molecule has 0 radical (unpaired) electrons. The summed E-state index contributed by atoms with van der Waals surface area (Å²) in [7, 11) is 1.28. The number of anilines is 2. The summed E-state index contributed by atoms with van der Waals surface area (Å²) in [5, 5.41) is 2.46. The number of rotatable bonds is 4. The number of nitrogens with zero attached hydrogens (tertiary/aromatic N) is 2. The van der Waals surface area contributed by atoms with Gasteiger partial charge in [-0.05, 0) is 49.2 Å². The average molecular weight is 497 g/mol. The zero-order valence-electron chi connectivity index (χ0n) is 18.7. The molecule has 2 aliphatic rings. The predicted octanol–water partition coefficient (Wildman–Crippen LogP) is 4.86. The average Bonchev–Trinajstić information content (AvgIpc) is 3.45. The molecule has 2 saturated heterocycles. The van der Waals surface area contributed by atoms with E-state index in [1.807, 2.05) is 37.3 Å². The van der Waals surface area contributed by atoms with Gasteiger partial charge in [0.05, 0.1) is 24.4 Å². The van der Waals surface area contributed by atoms with E-state index in [4.69, 9.17) is 21.2 Å². The van der Waals surface area contributed by atoms with E-state index in [1.54, 1.807) is 36.3 Å². The van der Waals surface area contributed by atoms with Crippen LogP contribution in [0.4, 0.5) is 10.7 Å². The summed E-state index contributed by atoms with van der Waals surface area (Å²) in [5.41, 5.74) is 2.43. The Morgan fingerprint density at radius 2 is 1.71 bits per heavy atom. The molecule has 0 aliphatic carbocycles. The van der Waals surface area contributed by atoms with Crippen molar-refractivity contribution in [3.8, 4) is 0 Å². The summed E-state index contributed by atoms with van der Waals surface area (Å²) >= 11 is 7.28. The fourth-order valence-corrected chi connectivity index (χ4v) is 5.81. The fourth-order valence-electron chi connectivity index (χ4n) is 4.52. The highest BCUT2D eigenvalue weighted by molar-refractivity contribution is 7.17. The molecule has 3 heterocycles. The van der Waals surface area contributed by atoms with Crippen LogP contribution in [0.3, 0.4) is 0 Å². The number of imide groups is 1. The lowest BCUT2D eigenvalue weighted by molar-refractivity contribution is -0.126. The number of methoxy groups -OCH3 is 1. The SMILES string of the molecule is COC(=O)c1c(N2C(=O)[C@H]3[C@@H](ON(c4ccc(Cl)cc4)[C@H]3c3ccccc3)C2=O)sc(C)c1C. The van der Waals surface area contributed by atoms with Crippen molar-refractivity contribution in [2.45, 2.75) is 26.0 Å². The van der Waals surface area contributed by atoms with Crippen LogP contribution in [-0.4, -0.2) is 31.0 Å². The van der Waals surface area contributed by atoms with Crippen LogP contribution in [0.1, 0.15) is 32.4 Å². The smallest absolute Gasteiger partial charge is 0.341 e. The second-order valence-corrected chi connectivity index (χ2v) is 9.82. The second-order valence-electron chi connectivity index (χ2n) is 8.18. The van der Waals surface area contributed by atoms with Gasteiger partial charge in [-0.2, -0.15) is 0 Å². The van der Waals surface area contributed by atoms with Crippen molar-refractivity contribution in [1.82, 2.24) is 0 Å². The highest BCUT2D eigenvalue weighted by Crippen LogP contribution is 2.49. The Morgan fingerprint density at radius 3 is 2.35 bits per heavy atom. The van der Waals surface area contributed by atoms with Crippen molar-refractivity contribution in [3.05, 3.63) is 81.2 Å². The van der Waals surface area contributed by atoms with Crippen LogP contribution in [0.25, 0.3) is 0 Å². The number of thiophene rings is 1. The number of amides is 2. The van der Waals surface area contributed by atoms with Gasteiger partial charge in [0.2, 0.25) is 5.91 Å². The maximum atomic E-state index is 13.8. The Bertz CT molecular complexity index is 1290. The van der Waals surface area contributed by atoms with Gasteiger partial charge in [0.25, 0.3) is 5.91 Å². The van der Waals surface area contributed by atoms with E-state index in [0.717, 1.165) is 15.3 Å². The van der Waals surface area contributed by atoms with Gasteiger partial charge < -0.3 is 4.74 Å². The van der Waals surface area contributed by atoms with Crippen molar-refractivity contribution >= 4 is 51.4 Å². The van der Waals surface area contributed by atoms with Crippen molar-refractivity contribution in [2.24, 2.45) is 5.92 Å². The third kappa shape index (κ3) is 3.41. The van der Waals surface area contributed by atoms with E-state index in [9.17, 15) is 14.4 Å². The van der Waals surface area contributed by atoms with Crippen LogP contribution < -0.4 is 9.96 Å². The normalized spacial score (nSPS) is 21.8. The molecular weight excluding hydrogens is 476 g/mol. The Balaban J connectivity index is 1.60. The minimum Gasteiger partial charge on any atom is -0.465 e. The number of halogens is 1. The minimum absolute atomic E-state index is 0.234. The van der Waals surface area contributed by atoms with Gasteiger partial charge in [0.15, 0.2) is 6.10 Å². The maximum absolute atomic E-state index is 13.8. The van der Waals surface area contributed by atoms with Gasteiger partial charge in [-0.1, -0.05) is 41.9 Å². The molecular formula is C25H21ClN2O5S. The highest BCUT2D eigenvalue weighted by Gasteiger charge is 2.61. The van der Waals surface area contributed by atoms with Gasteiger partial charge in [0.1, 0.15) is 10.9 Å². The first-order valence-electron chi connectivity index (χ1n) is 10.7. The van der Waals surface area contributed by atoms with Crippen LogP contribution in [-0.2, 0) is 19.2 Å². The number of hydrogen-bond donors (Lipinski definition) is 0. The first-order valence-corrected chi connectivity index (χ1v) is 11.9. The van der Waals surface area contributed by atoms with Crippen molar-refractivity contribution in [1.29, 1.82) is 0 Å². The fraction of sp³-hybridized carbons (Fsp3) is 0.240. The van der Waals surface area contributed by atoms with Crippen LogP contribution in [0.2, 0.25) is 5.02 Å². The molecule has 2 amide bonds. The monoisotopic (exact) mass is 496 g/mol. The summed E-state index contributed by atoms with van der Waals surface area (Å²) in [6, 6.07) is 15.9. The predicted molar refractivity (Wildman–Crippen MR) is 129 cm³/mol. The maximum Gasteiger partial charge on any atom is 0.341 e. The summed E-state index contributed by atoms with van der Waals surface area (Å²) in [5.74, 6) is -2.29. The molecule has 0 bridgehead atoms. The van der Waals surface area contributed by atoms with Crippen LogP contribution in [0.15, 0.2) is 54.6 Å². The Morgan fingerprint density at radius 1 is 1.03 bits per heavy atom. The topological polar surface area (TPSA) is 76.2 Å². The molecule has 2 fully saturated rings. The molecule has 2 aromatic carbocycles. The molecule has 9 heteroatoms. The van der Waals surface area contributed by atoms with Crippen molar-refractivity contribution in [3.63, 3.8) is 0 Å². The third-order valence-electron chi connectivity index (χ3n) is 6.30. The van der Waals surface area contributed by atoms with Crippen LogP contribution >= 0.6 is 22.9 Å². The number of fused-ring (bicyclic) bond motifs is 1. The first kappa shape index (κ1) is 22.6. The first-order chi connectivity index (χ1) is 16.3. The van der Waals surface area contributed by atoms with Crippen LogP contribution in [0.5, 0.6) is 0 Å². The molecule has 2 aliphatic heterocycles. The molecule has 3 aromatic rings. The molecule has 7 nitrogen and oxygen atoms in total. The minimum atomic E-state index is -1.03. The Hall–Kier alpha value is -3.20. The third-order valence-corrected chi connectivity index (χ3v) is 7.74. The summed E-state index contributed by atoms with van der Waals surface area (Å²) in [4.78, 5) is 48.0. The van der Waals surface area contributed by atoms with Crippen LogP contribution in [0, 0.1) is 19.8 Å². The standard InChI is InChI=1S/C25H21ClN2O5S/c1-13-14(2)34-24(18(13)25(31)32-3)27-22(29)19-20(15-7-5-4-6-8-15)28(33-21(19)23(27)30)17-11-9-16(26)10-12-17/h4-12,19-21H,1-3H3/t19-,20+,21-/m1/s1. The summed E-state index contributed by atoms with van der Waals surface area (Å²) < 4.78 is 4.94. The zero-order valence-corrected chi connectivity index (χ0v) is 20.2. The molecule has 0 spiro atoms. The number of carbonyl (C=O) groups is 3. The van der Waals surface area contributed by atoms with Crippen molar-refractivity contribution < 1.29 is 24.0 Å². The largest absolute Gasteiger partial charge is 0.465 e. The van der Waals surface area contributed by atoms with E-state index < -0.39 is 35.8 Å². The van der Waals surface area contributed by atoms with E-state index in [-0.39, 0.29) is 10.6 Å². The molecule has 0 unspecified atom stereocenters. The van der Waals surface area contributed by atoms with E-state index in [1.165, 1.54) is 18.4 Å². The van der Waals surface area contributed by atoms with Crippen molar-refractivity contribution in [2.75, 3.05) is 17.1 Å². The van der Waals surface area contributed by atoms with E-state index >= 15 is 0 Å². The highest BCUT2D eigenvalue weighted by atomic mass is 35.5. The number of hydroxylamine groups is 1. The van der Waals surface area contributed by atoms with Gasteiger partial charge in [-0.15, -0.1) is 11.3 Å². The molecule has 0 N–H and O–H groups in total. The second kappa shape index (κ2) is 8.54. The number of esters is 1. The molecule has 3 atom stereocenters.